The third kappa shape index (κ3) is 2.46. The summed E-state index contributed by atoms with van der Waals surface area (Å²) >= 11 is 3.39. The lowest BCUT2D eigenvalue weighted by Crippen LogP contribution is -2.21. The van der Waals surface area contributed by atoms with Gasteiger partial charge in [-0.1, -0.05) is 6.07 Å². The van der Waals surface area contributed by atoms with E-state index in [1.807, 2.05) is 29.1 Å². The van der Waals surface area contributed by atoms with Crippen molar-refractivity contribution < 1.29 is 9.47 Å². The van der Waals surface area contributed by atoms with Crippen molar-refractivity contribution in [2.75, 3.05) is 19.8 Å². The number of aromatic nitrogens is 2. The van der Waals surface area contributed by atoms with Gasteiger partial charge >= 0.3 is 0 Å². The predicted molar refractivity (Wildman–Crippen MR) is 74.6 cm³/mol. The summed E-state index contributed by atoms with van der Waals surface area (Å²) in [6, 6.07) is 5.88. The maximum Gasteiger partial charge on any atom is 0.161 e. The van der Waals surface area contributed by atoms with Crippen LogP contribution in [0.15, 0.2) is 35.1 Å². The van der Waals surface area contributed by atoms with Gasteiger partial charge in [0, 0.05) is 12.7 Å². The molecule has 6 heteroatoms. The van der Waals surface area contributed by atoms with E-state index < -0.39 is 0 Å². The lowest BCUT2D eigenvalue weighted by Gasteiger charge is -2.21. The SMILES string of the molecule is NCC(c1ccc2c(c1)OCCO2)n1cc(Br)cn1. The van der Waals surface area contributed by atoms with Crippen LogP contribution in [0.25, 0.3) is 0 Å². The van der Waals surface area contributed by atoms with E-state index in [2.05, 4.69) is 21.0 Å². The second-order valence-corrected chi connectivity index (χ2v) is 5.21. The molecule has 0 spiro atoms. The normalized spacial score (nSPS) is 15.3. The Labute approximate surface area is 119 Å². The van der Waals surface area contributed by atoms with Gasteiger partial charge in [-0.2, -0.15) is 5.10 Å². The summed E-state index contributed by atoms with van der Waals surface area (Å²) in [4.78, 5) is 0. The van der Waals surface area contributed by atoms with Crippen LogP contribution in [0.1, 0.15) is 11.6 Å². The molecule has 1 aliphatic rings. The van der Waals surface area contributed by atoms with E-state index in [1.165, 1.54) is 0 Å². The van der Waals surface area contributed by atoms with Crippen molar-refractivity contribution in [3.8, 4) is 11.5 Å². The Balaban J connectivity index is 1.95. The Morgan fingerprint density at radius 3 is 2.79 bits per heavy atom. The number of nitrogens with zero attached hydrogens (tertiary/aromatic N) is 2. The zero-order valence-corrected chi connectivity index (χ0v) is 11.8. The minimum atomic E-state index is -0.0119. The average molecular weight is 324 g/mol. The number of fused-ring (bicyclic) bond motifs is 1. The van der Waals surface area contributed by atoms with Crippen LogP contribution < -0.4 is 15.2 Å². The highest BCUT2D eigenvalue weighted by molar-refractivity contribution is 9.10. The lowest BCUT2D eigenvalue weighted by molar-refractivity contribution is 0.171. The molecule has 0 amide bonds. The molecule has 2 N–H and O–H groups in total. The first-order valence-electron chi connectivity index (χ1n) is 6.07. The van der Waals surface area contributed by atoms with Crippen LogP contribution in [-0.2, 0) is 0 Å². The Bertz CT molecular complexity index is 585. The molecule has 0 saturated heterocycles. The summed E-state index contributed by atoms with van der Waals surface area (Å²) in [5, 5.41) is 4.29. The Kier molecular flexibility index (Phi) is 3.44. The molecule has 0 fully saturated rings. The average Bonchev–Trinajstić information content (AvgIpc) is 2.86. The van der Waals surface area contributed by atoms with Gasteiger partial charge in [0.1, 0.15) is 13.2 Å². The van der Waals surface area contributed by atoms with Crippen LogP contribution >= 0.6 is 15.9 Å². The zero-order chi connectivity index (χ0) is 13.2. The molecule has 1 atom stereocenters. The van der Waals surface area contributed by atoms with Gasteiger partial charge in [0.05, 0.1) is 16.7 Å². The molecule has 5 nitrogen and oxygen atoms in total. The quantitative estimate of drug-likeness (QED) is 0.938. The van der Waals surface area contributed by atoms with Gasteiger partial charge < -0.3 is 15.2 Å². The van der Waals surface area contributed by atoms with E-state index in [0.29, 0.717) is 19.8 Å². The van der Waals surface area contributed by atoms with Crippen molar-refractivity contribution in [2.45, 2.75) is 6.04 Å². The molecular formula is C13H14BrN3O2. The van der Waals surface area contributed by atoms with Gasteiger partial charge in [-0.05, 0) is 33.6 Å². The number of ether oxygens (including phenoxy) is 2. The van der Waals surface area contributed by atoms with E-state index in [-0.39, 0.29) is 6.04 Å². The molecule has 2 heterocycles. The fraction of sp³-hybridized carbons (Fsp3) is 0.308. The third-order valence-corrected chi connectivity index (χ3v) is 3.47. The maximum atomic E-state index is 5.87. The fourth-order valence-electron chi connectivity index (χ4n) is 2.15. The smallest absolute Gasteiger partial charge is 0.161 e. The predicted octanol–water partition coefficient (Wildman–Crippen LogP) is 1.96. The second kappa shape index (κ2) is 5.22. The van der Waals surface area contributed by atoms with E-state index in [4.69, 9.17) is 15.2 Å². The molecule has 3 rings (SSSR count). The number of hydrogen-bond donors (Lipinski definition) is 1. The van der Waals surface area contributed by atoms with Gasteiger partial charge in [-0.25, -0.2) is 0 Å². The molecule has 100 valence electrons. The van der Waals surface area contributed by atoms with Gasteiger partial charge in [0.2, 0.25) is 0 Å². The first-order chi connectivity index (χ1) is 9.28. The highest BCUT2D eigenvalue weighted by atomic mass is 79.9. The van der Waals surface area contributed by atoms with Gasteiger partial charge in [0.15, 0.2) is 11.5 Å². The summed E-state index contributed by atoms with van der Waals surface area (Å²) in [5.41, 5.74) is 6.93. The summed E-state index contributed by atoms with van der Waals surface area (Å²) < 4.78 is 13.9. The first-order valence-corrected chi connectivity index (χ1v) is 6.86. The van der Waals surface area contributed by atoms with Gasteiger partial charge in [-0.15, -0.1) is 0 Å². The van der Waals surface area contributed by atoms with Crippen molar-refractivity contribution >= 4 is 15.9 Å². The molecule has 0 aliphatic carbocycles. The van der Waals surface area contributed by atoms with Gasteiger partial charge in [-0.3, -0.25) is 4.68 Å². The summed E-state index contributed by atoms with van der Waals surface area (Å²) in [7, 11) is 0. The molecule has 1 aliphatic heterocycles. The summed E-state index contributed by atoms with van der Waals surface area (Å²) in [6.45, 7) is 1.64. The topological polar surface area (TPSA) is 62.3 Å². The molecule has 1 unspecified atom stereocenters. The minimum Gasteiger partial charge on any atom is -0.486 e. The summed E-state index contributed by atoms with van der Waals surface area (Å²) in [5.74, 6) is 1.56. The largest absolute Gasteiger partial charge is 0.486 e. The number of nitrogens with two attached hydrogens (primary N) is 1. The number of rotatable bonds is 3. The van der Waals surface area contributed by atoms with Crippen LogP contribution in [0, 0.1) is 0 Å². The van der Waals surface area contributed by atoms with E-state index in [9.17, 15) is 0 Å². The maximum absolute atomic E-state index is 5.87. The lowest BCUT2D eigenvalue weighted by atomic mass is 10.1. The Morgan fingerprint density at radius 2 is 2.11 bits per heavy atom. The monoisotopic (exact) mass is 323 g/mol. The second-order valence-electron chi connectivity index (χ2n) is 4.29. The van der Waals surface area contributed by atoms with Crippen LogP contribution in [0.3, 0.4) is 0 Å². The standard InChI is InChI=1S/C13H14BrN3O2/c14-10-7-16-17(8-10)11(6-15)9-1-2-12-13(5-9)19-4-3-18-12/h1-2,5,7-8,11H,3-4,6,15H2. The molecule has 0 saturated carbocycles. The van der Waals surface area contributed by atoms with Crippen molar-refractivity contribution in [3.63, 3.8) is 0 Å². The van der Waals surface area contributed by atoms with E-state index >= 15 is 0 Å². The first kappa shape index (κ1) is 12.5. The number of halogens is 1. The van der Waals surface area contributed by atoms with Crippen molar-refractivity contribution in [3.05, 3.63) is 40.6 Å². The van der Waals surface area contributed by atoms with Crippen LogP contribution in [-0.4, -0.2) is 29.5 Å². The molecule has 2 aromatic rings. The third-order valence-electron chi connectivity index (χ3n) is 3.06. The highest BCUT2D eigenvalue weighted by Gasteiger charge is 2.17. The molecule has 0 radical (unpaired) electrons. The Hall–Kier alpha value is -1.53. The Morgan fingerprint density at radius 1 is 1.32 bits per heavy atom. The number of hydrogen-bond acceptors (Lipinski definition) is 4. The van der Waals surface area contributed by atoms with E-state index in [1.54, 1.807) is 6.20 Å². The zero-order valence-electron chi connectivity index (χ0n) is 10.3. The fourth-order valence-corrected chi connectivity index (χ4v) is 2.45. The molecule has 1 aromatic carbocycles. The van der Waals surface area contributed by atoms with Crippen molar-refractivity contribution in [1.82, 2.24) is 9.78 Å². The minimum absolute atomic E-state index is 0.0119. The van der Waals surface area contributed by atoms with E-state index in [0.717, 1.165) is 21.5 Å². The van der Waals surface area contributed by atoms with Crippen molar-refractivity contribution in [2.24, 2.45) is 5.73 Å². The summed E-state index contributed by atoms with van der Waals surface area (Å²) in [6.07, 6.45) is 3.66. The molecule has 1 aromatic heterocycles. The van der Waals surface area contributed by atoms with Crippen molar-refractivity contribution in [1.29, 1.82) is 0 Å². The van der Waals surface area contributed by atoms with Crippen LogP contribution in [0.4, 0.5) is 0 Å². The molecule has 0 bridgehead atoms. The molecule has 19 heavy (non-hydrogen) atoms. The van der Waals surface area contributed by atoms with Gasteiger partial charge in [0.25, 0.3) is 0 Å². The highest BCUT2D eigenvalue weighted by Crippen LogP contribution is 2.33. The number of benzene rings is 1. The van der Waals surface area contributed by atoms with Crippen LogP contribution in [0.5, 0.6) is 11.5 Å². The van der Waals surface area contributed by atoms with Crippen LogP contribution in [0.2, 0.25) is 0 Å². The molecular weight excluding hydrogens is 310 g/mol.